The third-order valence-electron chi connectivity index (χ3n) is 8.29. The molecule has 0 saturated carbocycles. The van der Waals surface area contributed by atoms with E-state index in [0.717, 1.165) is 72.8 Å². The standard InChI is InChI=1S/C32H39N3O2/c1-7-33(8-2)22-13-16-28-25(19-22)26-20-23(34(9-3)10-4)14-17-29(26)32(28)30-18-15-24(35(11-5)12-6)21-27(30)31(36)37-32/h13-21H,7-12H2,1-6H3. The van der Waals surface area contributed by atoms with Crippen molar-refractivity contribution in [1.29, 1.82) is 0 Å². The summed E-state index contributed by atoms with van der Waals surface area (Å²) in [5.74, 6) is -0.247. The highest BCUT2D eigenvalue weighted by Gasteiger charge is 2.54. The Morgan fingerprint density at radius 3 is 1.22 bits per heavy atom. The van der Waals surface area contributed by atoms with Gasteiger partial charge in [-0.3, -0.25) is 0 Å². The summed E-state index contributed by atoms with van der Waals surface area (Å²) in [7, 11) is 0. The molecular formula is C32H39N3O2. The van der Waals surface area contributed by atoms with Crippen molar-refractivity contribution < 1.29 is 9.53 Å². The number of hydrogen-bond donors (Lipinski definition) is 0. The molecule has 1 aliphatic carbocycles. The first kappa shape index (κ1) is 25.2. The Morgan fingerprint density at radius 2 is 0.865 bits per heavy atom. The van der Waals surface area contributed by atoms with Crippen LogP contribution in [0, 0.1) is 0 Å². The van der Waals surface area contributed by atoms with Crippen molar-refractivity contribution >= 4 is 23.0 Å². The van der Waals surface area contributed by atoms with Gasteiger partial charge in [0.25, 0.3) is 0 Å². The van der Waals surface area contributed by atoms with E-state index in [2.05, 4.69) is 105 Å². The molecule has 0 saturated heterocycles. The smallest absolute Gasteiger partial charge is 0.340 e. The van der Waals surface area contributed by atoms with Crippen LogP contribution in [-0.4, -0.2) is 45.2 Å². The molecule has 5 rings (SSSR count). The minimum atomic E-state index is -0.914. The molecule has 1 heterocycles. The van der Waals surface area contributed by atoms with Gasteiger partial charge in [-0.25, -0.2) is 4.79 Å². The maximum atomic E-state index is 13.5. The van der Waals surface area contributed by atoms with Gasteiger partial charge < -0.3 is 19.4 Å². The Balaban J connectivity index is 1.76. The molecule has 3 aromatic carbocycles. The molecule has 1 spiro atoms. The summed E-state index contributed by atoms with van der Waals surface area (Å²) >= 11 is 0. The largest absolute Gasteiger partial charge is 0.441 e. The first-order chi connectivity index (χ1) is 18.0. The average Bonchev–Trinajstić information content (AvgIpc) is 3.37. The zero-order chi connectivity index (χ0) is 26.3. The molecule has 0 amide bonds. The van der Waals surface area contributed by atoms with Gasteiger partial charge in [0, 0.05) is 73.0 Å². The average molecular weight is 498 g/mol. The molecule has 0 unspecified atom stereocenters. The molecule has 3 aromatic rings. The van der Waals surface area contributed by atoms with Gasteiger partial charge in [0.1, 0.15) is 0 Å². The monoisotopic (exact) mass is 497 g/mol. The van der Waals surface area contributed by atoms with Crippen molar-refractivity contribution in [3.05, 3.63) is 76.9 Å². The van der Waals surface area contributed by atoms with Gasteiger partial charge in [-0.05, 0) is 89.1 Å². The maximum Gasteiger partial charge on any atom is 0.340 e. The summed E-state index contributed by atoms with van der Waals surface area (Å²) in [4.78, 5) is 20.5. The quantitative estimate of drug-likeness (QED) is 0.309. The fourth-order valence-electron chi connectivity index (χ4n) is 6.28. The molecule has 0 aromatic heterocycles. The fourth-order valence-corrected chi connectivity index (χ4v) is 6.28. The van der Waals surface area contributed by atoms with Crippen molar-refractivity contribution in [2.24, 2.45) is 0 Å². The lowest BCUT2D eigenvalue weighted by Gasteiger charge is -2.28. The number of nitrogens with zero attached hydrogens (tertiary/aromatic N) is 3. The molecule has 1 aliphatic heterocycles. The Bertz CT molecular complexity index is 1260. The van der Waals surface area contributed by atoms with Crippen LogP contribution in [0.4, 0.5) is 17.1 Å². The second-order valence-electron chi connectivity index (χ2n) is 9.78. The molecule has 0 N–H and O–H groups in total. The number of fused-ring (bicyclic) bond motifs is 7. The zero-order valence-corrected chi connectivity index (χ0v) is 23.1. The van der Waals surface area contributed by atoms with E-state index in [1.807, 2.05) is 6.07 Å². The summed E-state index contributed by atoms with van der Waals surface area (Å²) in [6, 6.07) is 19.6. The van der Waals surface area contributed by atoms with Gasteiger partial charge in [0.05, 0.1) is 5.56 Å². The molecule has 0 fully saturated rings. The summed E-state index contributed by atoms with van der Waals surface area (Å²) < 4.78 is 6.46. The van der Waals surface area contributed by atoms with Crippen LogP contribution in [0.25, 0.3) is 11.1 Å². The van der Waals surface area contributed by atoms with Crippen LogP contribution in [0.5, 0.6) is 0 Å². The molecule has 0 radical (unpaired) electrons. The van der Waals surface area contributed by atoms with E-state index < -0.39 is 5.60 Å². The highest BCUT2D eigenvalue weighted by molar-refractivity contribution is 6.00. The van der Waals surface area contributed by atoms with Gasteiger partial charge >= 0.3 is 5.97 Å². The lowest BCUT2D eigenvalue weighted by molar-refractivity contribution is 0.0264. The van der Waals surface area contributed by atoms with Crippen LogP contribution in [-0.2, 0) is 10.3 Å². The molecule has 2 aliphatic rings. The number of rotatable bonds is 9. The van der Waals surface area contributed by atoms with E-state index in [0.29, 0.717) is 5.56 Å². The van der Waals surface area contributed by atoms with Crippen molar-refractivity contribution in [3.63, 3.8) is 0 Å². The van der Waals surface area contributed by atoms with Crippen molar-refractivity contribution in [3.8, 4) is 11.1 Å². The Kier molecular flexibility index (Phi) is 6.65. The normalized spacial score (nSPS) is 14.3. The molecule has 194 valence electrons. The van der Waals surface area contributed by atoms with E-state index in [4.69, 9.17) is 4.74 Å². The van der Waals surface area contributed by atoms with Gasteiger partial charge in [-0.15, -0.1) is 0 Å². The summed E-state index contributed by atoms with van der Waals surface area (Å²) in [6.07, 6.45) is 0. The maximum absolute atomic E-state index is 13.5. The minimum absolute atomic E-state index is 0.247. The Hall–Kier alpha value is -3.47. The van der Waals surface area contributed by atoms with Crippen molar-refractivity contribution in [1.82, 2.24) is 0 Å². The SMILES string of the molecule is CCN(CC)c1ccc2c(c1)C(=O)OC21c2ccc(N(CC)CC)cc2-c2cc(N(CC)CC)ccc21. The van der Waals surface area contributed by atoms with Crippen LogP contribution in [0.1, 0.15) is 68.6 Å². The van der Waals surface area contributed by atoms with Gasteiger partial charge in [-0.2, -0.15) is 0 Å². The molecule has 5 nitrogen and oxygen atoms in total. The molecule has 37 heavy (non-hydrogen) atoms. The van der Waals surface area contributed by atoms with Gasteiger partial charge in [0.2, 0.25) is 0 Å². The summed E-state index contributed by atoms with van der Waals surface area (Å²) in [5, 5.41) is 0. The second kappa shape index (κ2) is 9.77. The lowest BCUT2D eigenvalue weighted by atomic mass is 9.83. The van der Waals surface area contributed by atoms with E-state index >= 15 is 0 Å². The van der Waals surface area contributed by atoms with E-state index in [9.17, 15) is 4.79 Å². The minimum Gasteiger partial charge on any atom is -0.441 e. The molecular weight excluding hydrogens is 458 g/mol. The molecule has 5 heteroatoms. The number of carbonyl (C=O) groups excluding carboxylic acids is 1. The van der Waals surface area contributed by atoms with Gasteiger partial charge in [-0.1, -0.05) is 18.2 Å². The van der Waals surface area contributed by atoms with Crippen LogP contribution in [0.2, 0.25) is 0 Å². The number of ether oxygens (including phenoxy) is 1. The van der Waals surface area contributed by atoms with Crippen LogP contribution in [0.3, 0.4) is 0 Å². The third-order valence-corrected chi connectivity index (χ3v) is 8.29. The predicted molar refractivity (Wildman–Crippen MR) is 154 cm³/mol. The number of carbonyl (C=O) groups is 1. The molecule has 0 bridgehead atoms. The Labute approximate surface area is 221 Å². The van der Waals surface area contributed by atoms with Crippen LogP contribution >= 0.6 is 0 Å². The first-order valence-corrected chi connectivity index (χ1v) is 13.9. The summed E-state index contributed by atoms with van der Waals surface area (Å²) in [5.41, 5.74) is 8.57. The van der Waals surface area contributed by atoms with Crippen molar-refractivity contribution in [2.45, 2.75) is 47.1 Å². The summed E-state index contributed by atoms with van der Waals surface area (Å²) in [6.45, 7) is 18.6. The van der Waals surface area contributed by atoms with Gasteiger partial charge in [0.15, 0.2) is 5.60 Å². The number of benzene rings is 3. The molecule has 0 atom stereocenters. The number of anilines is 3. The lowest BCUT2D eigenvalue weighted by Crippen LogP contribution is -2.27. The highest BCUT2D eigenvalue weighted by Crippen LogP contribution is 2.58. The number of hydrogen-bond acceptors (Lipinski definition) is 5. The third kappa shape index (κ3) is 3.70. The van der Waals surface area contributed by atoms with E-state index in [-0.39, 0.29) is 5.97 Å². The van der Waals surface area contributed by atoms with Crippen molar-refractivity contribution in [2.75, 3.05) is 54.0 Å². The highest BCUT2D eigenvalue weighted by atomic mass is 16.6. The fraction of sp³-hybridized carbons (Fsp3) is 0.406. The first-order valence-electron chi connectivity index (χ1n) is 13.9. The van der Waals surface area contributed by atoms with Crippen LogP contribution < -0.4 is 14.7 Å². The second-order valence-corrected chi connectivity index (χ2v) is 9.78. The van der Waals surface area contributed by atoms with E-state index in [1.54, 1.807) is 0 Å². The van der Waals surface area contributed by atoms with Crippen LogP contribution in [0.15, 0.2) is 54.6 Å². The number of esters is 1. The Morgan fingerprint density at radius 1 is 0.541 bits per heavy atom. The predicted octanol–water partition coefficient (Wildman–Crippen LogP) is 6.67. The zero-order valence-electron chi connectivity index (χ0n) is 23.1. The topological polar surface area (TPSA) is 36.0 Å². The van der Waals surface area contributed by atoms with E-state index in [1.165, 1.54) is 11.4 Å².